The molecule has 0 atom stereocenters. The van der Waals surface area contributed by atoms with Crippen molar-refractivity contribution in [1.29, 1.82) is 0 Å². The molecule has 3 N–H and O–H groups in total. The minimum absolute atomic E-state index is 0.0811. The van der Waals surface area contributed by atoms with E-state index in [9.17, 15) is 13.6 Å². The molecule has 1 aromatic heterocycles. The van der Waals surface area contributed by atoms with E-state index in [0.29, 0.717) is 5.56 Å². The first kappa shape index (κ1) is 12.9. The molecule has 0 spiro atoms. The Morgan fingerprint density at radius 1 is 1.26 bits per heavy atom. The quantitative estimate of drug-likeness (QED) is 0.888. The van der Waals surface area contributed by atoms with E-state index in [2.05, 4.69) is 10.3 Å². The molecule has 0 saturated carbocycles. The van der Waals surface area contributed by atoms with Crippen molar-refractivity contribution in [2.24, 2.45) is 0 Å². The summed E-state index contributed by atoms with van der Waals surface area (Å²) in [6.45, 7) is 0.0811. The smallest absolute Gasteiger partial charge is 0.253 e. The SMILES string of the molecule is Nc1cnccc1C(=O)NCc1ccc(F)c(F)c1. The van der Waals surface area contributed by atoms with Gasteiger partial charge in [-0.25, -0.2) is 8.78 Å². The normalized spacial score (nSPS) is 10.2. The van der Waals surface area contributed by atoms with Gasteiger partial charge in [0.2, 0.25) is 0 Å². The van der Waals surface area contributed by atoms with E-state index in [4.69, 9.17) is 5.73 Å². The molecule has 2 rings (SSSR count). The summed E-state index contributed by atoms with van der Waals surface area (Å²) >= 11 is 0. The highest BCUT2D eigenvalue weighted by Crippen LogP contribution is 2.10. The number of aromatic nitrogens is 1. The minimum atomic E-state index is -0.949. The van der Waals surface area contributed by atoms with Crippen LogP contribution in [0.3, 0.4) is 0 Å². The Morgan fingerprint density at radius 2 is 2.05 bits per heavy atom. The summed E-state index contributed by atoms with van der Waals surface area (Å²) in [5, 5.41) is 2.57. The fraction of sp³-hybridized carbons (Fsp3) is 0.0769. The van der Waals surface area contributed by atoms with Crippen LogP contribution in [0.4, 0.5) is 14.5 Å². The number of nitrogen functional groups attached to an aromatic ring is 1. The molecule has 4 nitrogen and oxygen atoms in total. The Hall–Kier alpha value is -2.50. The summed E-state index contributed by atoms with van der Waals surface area (Å²) in [5.41, 5.74) is 6.60. The van der Waals surface area contributed by atoms with Gasteiger partial charge in [0.1, 0.15) is 0 Å². The van der Waals surface area contributed by atoms with Gasteiger partial charge < -0.3 is 11.1 Å². The molecule has 1 heterocycles. The number of amides is 1. The van der Waals surface area contributed by atoms with Crippen molar-refractivity contribution >= 4 is 11.6 Å². The number of nitrogens with zero attached hydrogens (tertiary/aromatic N) is 1. The number of nitrogens with two attached hydrogens (primary N) is 1. The van der Waals surface area contributed by atoms with Crippen LogP contribution >= 0.6 is 0 Å². The van der Waals surface area contributed by atoms with Crippen molar-refractivity contribution in [2.45, 2.75) is 6.54 Å². The van der Waals surface area contributed by atoms with E-state index in [1.807, 2.05) is 0 Å². The number of pyridine rings is 1. The van der Waals surface area contributed by atoms with E-state index in [-0.39, 0.29) is 17.8 Å². The van der Waals surface area contributed by atoms with Crippen LogP contribution in [0.15, 0.2) is 36.7 Å². The van der Waals surface area contributed by atoms with Crippen LogP contribution in [0.1, 0.15) is 15.9 Å². The predicted octanol–water partition coefficient (Wildman–Crippen LogP) is 1.87. The van der Waals surface area contributed by atoms with Crippen molar-refractivity contribution < 1.29 is 13.6 Å². The monoisotopic (exact) mass is 263 g/mol. The van der Waals surface area contributed by atoms with E-state index >= 15 is 0 Å². The summed E-state index contributed by atoms with van der Waals surface area (Å²) in [6, 6.07) is 4.92. The number of carbonyl (C=O) groups excluding carboxylic acids is 1. The Labute approximate surface area is 108 Å². The lowest BCUT2D eigenvalue weighted by Crippen LogP contribution is -2.24. The van der Waals surface area contributed by atoms with E-state index in [1.54, 1.807) is 0 Å². The third-order valence-electron chi connectivity index (χ3n) is 2.53. The number of hydrogen-bond donors (Lipinski definition) is 2. The molecule has 0 aliphatic rings. The maximum absolute atomic E-state index is 13.0. The van der Waals surface area contributed by atoms with Crippen LogP contribution in [-0.2, 0) is 6.54 Å². The molecule has 0 saturated heterocycles. The van der Waals surface area contributed by atoms with E-state index in [1.165, 1.54) is 24.5 Å². The van der Waals surface area contributed by atoms with Crippen molar-refractivity contribution in [1.82, 2.24) is 10.3 Å². The third kappa shape index (κ3) is 3.04. The molecule has 0 bridgehead atoms. The molecular weight excluding hydrogens is 252 g/mol. The van der Waals surface area contributed by atoms with Gasteiger partial charge in [-0.1, -0.05) is 6.07 Å². The maximum Gasteiger partial charge on any atom is 0.253 e. The van der Waals surface area contributed by atoms with Gasteiger partial charge in [-0.3, -0.25) is 9.78 Å². The Balaban J connectivity index is 2.04. The molecule has 1 aromatic carbocycles. The fourth-order valence-corrected chi connectivity index (χ4v) is 1.54. The van der Waals surface area contributed by atoms with E-state index in [0.717, 1.165) is 12.1 Å². The Morgan fingerprint density at radius 3 is 2.74 bits per heavy atom. The highest BCUT2D eigenvalue weighted by molar-refractivity contribution is 5.98. The summed E-state index contributed by atoms with van der Waals surface area (Å²) in [4.78, 5) is 15.6. The van der Waals surface area contributed by atoms with Gasteiger partial charge in [0, 0.05) is 12.7 Å². The lowest BCUT2D eigenvalue weighted by atomic mass is 10.2. The molecule has 98 valence electrons. The third-order valence-corrected chi connectivity index (χ3v) is 2.53. The number of anilines is 1. The number of carbonyl (C=O) groups is 1. The van der Waals surface area contributed by atoms with Gasteiger partial charge in [0.25, 0.3) is 5.91 Å². The molecule has 19 heavy (non-hydrogen) atoms. The lowest BCUT2D eigenvalue weighted by Gasteiger charge is -2.07. The first-order valence-corrected chi connectivity index (χ1v) is 5.49. The zero-order valence-corrected chi connectivity index (χ0v) is 9.86. The highest BCUT2D eigenvalue weighted by atomic mass is 19.2. The predicted molar refractivity (Wildman–Crippen MR) is 66.2 cm³/mol. The summed E-state index contributed by atoms with van der Waals surface area (Å²) in [7, 11) is 0. The molecule has 6 heteroatoms. The van der Waals surface area contributed by atoms with Crippen molar-refractivity contribution in [3.05, 3.63) is 59.4 Å². The Bertz CT molecular complexity index is 617. The first-order chi connectivity index (χ1) is 9.08. The molecule has 0 aliphatic carbocycles. The molecule has 2 aromatic rings. The largest absolute Gasteiger partial charge is 0.397 e. The van der Waals surface area contributed by atoms with Crippen LogP contribution in [0.5, 0.6) is 0 Å². The molecule has 0 radical (unpaired) electrons. The summed E-state index contributed by atoms with van der Waals surface area (Å²) in [6.07, 6.45) is 2.81. The van der Waals surface area contributed by atoms with Crippen LogP contribution in [0.25, 0.3) is 0 Å². The summed E-state index contributed by atoms with van der Waals surface area (Å²) in [5.74, 6) is -2.27. The number of hydrogen-bond acceptors (Lipinski definition) is 3. The van der Waals surface area contributed by atoms with Crippen molar-refractivity contribution in [2.75, 3.05) is 5.73 Å². The van der Waals surface area contributed by atoms with Crippen LogP contribution in [-0.4, -0.2) is 10.9 Å². The van der Waals surface area contributed by atoms with Gasteiger partial charge in [-0.05, 0) is 23.8 Å². The summed E-state index contributed by atoms with van der Waals surface area (Å²) < 4.78 is 25.7. The molecular formula is C13H11F2N3O. The second kappa shape index (κ2) is 5.43. The minimum Gasteiger partial charge on any atom is -0.397 e. The van der Waals surface area contributed by atoms with Gasteiger partial charge in [-0.2, -0.15) is 0 Å². The second-order valence-electron chi connectivity index (χ2n) is 3.89. The van der Waals surface area contributed by atoms with Crippen molar-refractivity contribution in [3.8, 4) is 0 Å². The number of halogens is 2. The lowest BCUT2D eigenvalue weighted by molar-refractivity contribution is 0.0951. The first-order valence-electron chi connectivity index (χ1n) is 5.49. The topological polar surface area (TPSA) is 68.0 Å². The standard InChI is InChI=1S/C13H11F2N3O/c14-10-2-1-8(5-11(10)15)6-18-13(19)9-3-4-17-7-12(9)16/h1-5,7H,6,16H2,(H,18,19). The number of nitrogens with one attached hydrogen (secondary N) is 1. The maximum atomic E-state index is 13.0. The average Bonchev–Trinajstić information content (AvgIpc) is 2.40. The van der Waals surface area contributed by atoms with E-state index < -0.39 is 17.5 Å². The van der Waals surface area contributed by atoms with Crippen LogP contribution < -0.4 is 11.1 Å². The fourth-order valence-electron chi connectivity index (χ4n) is 1.54. The van der Waals surface area contributed by atoms with Crippen molar-refractivity contribution in [3.63, 3.8) is 0 Å². The zero-order valence-electron chi connectivity index (χ0n) is 9.86. The van der Waals surface area contributed by atoms with Gasteiger partial charge >= 0.3 is 0 Å². The highest BCUT2D eigenvalue weighted by Gasteiger charge is 2.09. The second-order valence-corrected chi connectivity index (χ2v) is 3.89. The van der Waals surface area contributed by atoms with Gasteiger partial charge in [-0.15, -0.1) is 0 Å². The number of rotatable bonds is 3. The van der Waals surface area contributed by atoms with Crippen LogP contribution in [0, 0.1) is 11.6 Å². The van der Waals surface area contributed by atoms with Gasteiger partial charge in [0.15, 0.2) is 11.6 Å². The molecule has 0 unspecified atom stereocenters. The molecule has 1 amide bonds. The molecule has 0 fully saturated rings. The molecule has 0 aliphatic heterocycles. The number of benzene rings is 1. The van der Waals surface area contributed by atoms with Crippen LogP contribution in [0.2, 0.25) is 0 Å². The Kier molecular flexibility index (Phi) is 3.70. The average molecular weight is 263 g/mol. The van der Waals surface area contributed by atoms with Gasteiger partial charge in [0.05, 0.1) is 17.4 Å². The zero-order chi connectivity index (χ0) is 13.8.